The van der Waals surface area contributed by atoms with E-state index in [2.05, 4.69) is 45.1 Å². The van der Waals surface area contributed by atoms with Gasteiger partial charge in [-0.05, 0) is 44.9 Å². The van der Waals surface area contributed by atoms with Crippen LogP contribution in [0.1, 0.15) is 310 Å². The Morgan fingerprint density at radius 3 is 0.859 bits per heavy atom. The minimum absolute atomic E-state index is 0.0707. The fraction of sp³-hybridized carbons (Fsp3) is 0.879. The van der Waals surface area contributed by atoms with Crippen molar-refractivity contribution < 1.29 is 28.6 Å². The molecule has 0 rings (SSSR count). The summed E-state index contributed by atoms with van der Waals surface area (Å²) in [4.78, 5) is 38.1. The van der Waals surface area contributed by atoms with Crippen LogP contribution in [0.25, 0.3) is 0 Å². The third kappa shape index (κ3) is 50.9. The topological polar surface area (TPSA) is 78.9 Å². The maximum Gasteiger partial charge on any atom is 0.306 e. The molecule has 0 saturated carbocycles. The molecule has 1 atom stereocenters. The second-order valence-electron chi connectivity index (χ2n) is 19.2. The standard InChI is InChI=1S/C58H108O6/c1-4-7-10-13-16-19-22-25-27-28-29-31-33-36-39-42-45-48-51-57(60)63-54-55(53-62-56(59)50-47-44-41-38-35-32-24-21-18-15-12-9-6-3)64-58(61)52-49-46-43-40-37-34-30-26-23-20-17-14-11-8-5-2/h17,20,23,26,55H,4-16,18-19,21-22,24-25,27-54H2,1-3H3/b20-17-,26-23-. The van der Waals surface area contributed by atoms with Crippen LogP contribution in [0.3, 0.4) is 0 Å². The molecule has 376 valence electrons. The molecule has 0 aliphatic rings. The first-order valence-corrected chi connectivity index (χ1v) is 28.4. The van der Waals surface area contributed by atoms with Crippen molar-refractivity contribution in [1.29, 1.82) is 0 Å². The van der Waals surface area contributed by atoms with Gasteiger partial charge in [-0.2, -0.15) is 0 Å². The van der Waals surface area contributed by atoms with Crippen LogP contribution in [0, 0.1) is 0 Å². The zero-order valence-corrected chi connectivity index (χ0v) is 43.1. The molecule has 6 nitrogen and oxygen atoms in total. The molecule has 0 aromatic carbocycles. The van der Waals surface area contributed by atoms with Crippen LogP contribution in [-0.2, 0) is 28.6 Å². The van der Waals surface area contributed by atoms with E-state index in [0.29, 0.717) is 19.3 Å². The first kappa shape index (κ1) is 61.9. The molecule has 1 unspecified atom stereocenters. The lowest BCUT2D eigenvalue weighted by atomic mass is 10.0. The maximum atomic E-state index is 12.8. The van der Waals surface area contributed by atoms with Crippen molar-refractivity contribution in [3.63, 3.8) is 0 Å². The Labute approximate surface area is 398 Å². The number of carbonyl (C=O) groups excluding carboxylic acids is 3. The van der Waals surface area contributed by atoms with E-state index in [9.17, 15) is 14.4 Å². The summed E-state index contributed by atoms with van der Waals surface area (Å²) in [5, 5.41) is 0. The highest BCUT2D eigenvalue weighted by molar-refractivity contribution is 5.71. The predicted octanol–water partition coefficient (Wildman–Crippen LogP) is 18.7. The van der Waals surface area contributed by atoms with Gasteiger partial charge >= 0.3 is 17.9 Å². The van der Waals surface area contributed by atoms with E-state index in [1.165, 1.54) is 205 Å². The quantitative estimate of drug-likeness (QED) is 0.0262. The van der Waals surface area contributed by atoms with E-state index >= 15 is 0 Å². The third-order valence-corrected chi connectivity index (χ3v) is 12.7. The van der Waals surface area contributed by atoms with E-state index in [0.717, 1.165) is 64.2 Å². The summed E-state index contributed by atoms with van der Waals surface area (Å²) in [6, 6.07) is 0. The molecular formula is C58H108O6. The Kier molecular flexibility index (Phi) is 51.7. The van der Waals surface area contributed by atoms with Gasteiger partial charge in [-0.25, -0.2) is 0 Å². The summed E-state index contributed by atoms with van der Waals surface area (Å²) in [6.45, 7) is 6.65. The van der Waals surface area contributed by atoms with Crippen molar-refractivity contribution in [2.75, 3.05) is 13.2 Å². The van der Waals surface area contributed by atoms with Gasteiger partial charge in [0.1, 0.15) is 13.2 Å². The van der Waals surface area contributed by atoms with E-state index < -0.39 is 6.10 Å². The van der Waals surface area contributed by atoms with Crippen LogP contribution >= 0.6 is 0 Å². The van der Waals surface area contributed by atoms with Crippen LogP contribution in [0.5, 0.6) is 0 Å². The largest absolute Gasteiger partial charge is 0.462 e. The van der Waals surface area contributed by atoms with Gasteiger partial charge in [-0.15, -0.1) is 0 Å². The zero-order chi connectivity index (χ0) is 46.5. The maximum absolute atomic E-state index is 12.8. The average molecular weight is 901 g/mol. The van der Waals surface area contributed by atoms with Crippen LogP contribution < -0.4 is 0 Å². The van der Waals surface area contributed by atoms with Gasteiger partial charge in [0.25, 0.3) is 0 Å². The van der Waals surface area contributed by atoms with Crippen molar-refractivity contribution in [3.05, 3.63) is 24.3 Å². The molecule has 6 heteroatoms. The normalized spacial score (nSPS) is 12.1. The first-order valence-electron chi connectivity index (χ1n) is 28.4. The minimum atomic E-state index is -0.772. The zero-order valence-electron chi connectivity index (χ0n) is 43.1. The minimum Gasteiger partial charge on any atom is -0.462 e. The molecule has 0 spiro atoms. The molecule has 0 N–H and O–H groups in total. The summed E-state index contributed by atoms with van der Waals surface area (Å²) >= 11 is 0. The average Bonchev–Trinajstić information content (AvgIpc) is 3.29. The Balaban J connectivity index is 4.32. The smallest absolute Gasteiger partial charge is 0.306 e. The van der Waals surface area contributed by atoms with Gasteiger partial charge in [-0.1, -0.05) is 270 Å². The lowest BCUT2D eigenvalue weighted by molar-refractivity contribution is -0.167. The number of unbranched alkanes of at least 4 members (excludes halogenated alkanes) is 38. The summed E-state index contributed by atoms with van der Waals surface area (Å²) in [5.74, 6) is -0.862. The van der Waals surface area contributed by atoms with Gasteiger partial charge in [0, 0.05) is 19.3 Å². The fourth-order valence-corrected chi connectivity index (χ4v) is 8.44. The number of ether oxygens (including phenoxy) is 3. The van der Waals surface area contributed by atoms with Crippen molar-refractivity contribution in [2.45, 2.75) is 316 Å². The number of rotatable bonds is 52. The second-order valence-corrected chi connectivity index (χ2v) is 19.2. The highest BCUT2D eigenvalue weighted by Gasteiger charge is 2.19. The van der Waals surface area contributed by atoms with Crippen LogP contribution in [-0.4, -0.2) is 37.2 Å². The molecule has 0 aliphatic carbocycles. The summed E-state index contributed by atoms with van der Waals surface area (Å²) < 4.78 is 16.9. The lowest BCUT2D eigenvalue weighted by Gasteiger charge is -2.18. The van der Waals surface area contributed by atoms with Gasteiger partial charge in [-0.3, -0.25) is 14.4 Å². The number of hydrogen-bond donors (Lipinski definition) is 0. The van der Waals surface area contributed by atoms with E-state index in [1.807, 2.05) is 0 Å². The van der Waals surface area contributed by atoms with Crippen LogP contribution in [0.15, 0.2) is 24.3 Å². The predicted molar refractivity (Wildman–Crippen MR) is 275 cm³/mol. The molecular weight excluding hydrogens is 793 g/mol. The summed E-state index contributed by atoms with van der Waals surface area (Å²) in [6.07, 6.45) is 61.6. The highest BCUT2D eigenvalue weighted by atomic mass is 16.6. The molecule has 0 fully saturated rings. The number of carbonyl (C=O) groups is 3. The molecule has 0 aromatic rings. The van der Waals surface area contributed by atoms with E-state index in [-0.39, 0.29) is 31.1 Å². The van der Waals surface area contributed by atoms with Gasteiger partial charge in [0.2, 0.25) is 0 Å². The van der Waals surface area contributed by atoms with Crippen molar-refractivity contribution >= 4 is 17.9 Å². The molecule has 0 heterocycles. The molecule has 0 saturated heterocycles. The van der Waals surface area contributed by atoms with Crippen LogP contribution in [0.4, 0.5) is 0 Å². The fourth-order valence-electron chi connectivity index (χ4n) is 8.44. The first-order chi connectivity index (χ1) is 31.5. The number of hydrogen-bond acceptors (Lipinski definition) is 6. The van der Waals surface area contributed by atoms with Gasteiger partial charge in [0.15, 0.2) is 6.10 Å². The lowest BCUT2D eigenvalue weighted by Crippen LogP contribution is -2.30. The van der Waals surface area contributed by atoms with Crippen molar-refractivity contribution in [2.24, 2.45) is 0 Å². The molecule has 0 aliphatic heterocycles. The molecule has 64 heavy (non-hydrogen) atoms. The molecule has 0 amide bonds. The van der Waals surface area contributed by atoms with Crippen molar-refractivity contribution in [1.82, 2.24) is 0 Å². The third-order valence-electron chi connectivity index (χ3n) is 12.7. The van der Waals surface area contributed by atoms with Crippen LogP contribution in [0.2, 0.25) is 0 Å². The van der Waals surface area contributed by atoms with Gasteiger partial charge < -0.3 is 14.2 Å². The molecule has 0 radical (unpaired) electrons. The Morgan fingerprint density at radius 1 is 0.312 bits per heavy atom. The highest BCUT2D eigenvalue weighted by Crippen LogP contribution is 2.17. The number of allylic oxidation sites excluding steroid dienone is 4. The Bertz CT molecular complexity index is 1040. The molecule has 0 aromatic heterocycles. The Hall–Kier alpha value is -2.11. The van der Waals surface area contributed by atoms with E-state index in [1.54, 1.807) is 0 Å². The SMILES string of the molecule is CCCCC/C=C\C=C/CCCCCCCCC(=O)OC(COC(=O)CCCCCCCCCCCCCCC)COC(=O)CCCCCCCCCCCCCCCCCCCC. The Morgan fingerprint density at radius 2 is 0.547 bits per heavy atom. The van der Waals surface area contributed by atoms with E-state index in [4.69, 9.17) is 14.2 Å². The summed E-state index contributed by atoms with van der Waals surface area (Å²) in [5.41, 5.74) is 0. The van der Waals surface area contributed by atoms with Gasteiger partial charge in [0.05, 0.1) is 0 Å². The molecule has 0 bridgehead atoms. The monoisotopic (exact) mass is 901 g/mol. The number of esters is 3. The van der Waals surface area contributed by atoms with Crippen molar-refractivity contribution in [3.8, 4) is 0 Å². The second kappa shape index (κ2) is 53.5. The summed E-state index contributed by atoms with van der Waals surface area (Å²) in [7, 11) is 0.